The Hall–Kier alpha value is -1.59. The number of esters is 1. The predicted octanol–water partition coefficient (Wildman–Crippen LogP) is 3.12. The van der Waals surface area contributed by atoms with Crippen LogP contribution in [0.4, 0.5) is 5.69 Å². The molecule has 1 N–H and O–H groups in total. The van der Waals surface area contributed by atoms with Crippen molar-refractivity contribution in [2.45, 2.75) is 6.04 Å². The smallest absolute Gasteiger partial charge is 0.334 e. The van der Waals surface area contributed by atoms with E-state index in [0.717, 1.165) is 5.69 Å². The third-order valence-electron chi connectivity index (χ3n) is 2.32. The van der Waals surface area contributed by atoms with Gasteiger partial charge in [-0.25, -0.2) is 9.78 Å². The van der Waals surface area contributed by atoms with E-state index in [9.17, 15) is 4.79 Å². The van der Waals surface area contributed by atoms with Gasteiger partial charge in [0.25, 0.3) is 0 Å². The van der Waals surface area contributed by atoms with Gasteiger partial charge in [-0.05, 0) is 18.2 Å². The van der Waals surface area contributed by atoms with Crippen molar-refractivity contribution in [3.63, 3.8) is 0 Å². The molecule has 0 saturated carbocycles. The van der Waals surface area contributed by atoms with E-state index >= 15 is 0 Å². The minimum atomic E-state index is -0.625. The molecule has 0 saturated heterocycles. The molecule has 1 aromatic carbocycles. The highest BCUT2D eigenvalue weighted by Gasteiger charge is 2.23. The summed E-state index contributed by atoms with van der Waals surface area (Å²) in [5, 5.41) is 5.46. The quantitative estimate of drug-likeness (QED) is 0.876. The number of ether oxygens (including phenoxy) is 1. The number of carbonyl (C=O) groups is 1. The molecule has 2 rings (SSSR count). The van der Waals surface area contributed by atoms with E-state index < -0.39 is 6.04 Å². The van der Waals surface area contributed by atoms with Crippen molar-refractivity contribution < 1.29 is 9.53 Å². The molecule has 1 heterocycles. The number of benzene rings is 1. The summed E-state index contributed by atoms with van der Waals surface area (Å²) in [4.78, 5) is 15.9. The normalized spacial score (nSPS) is 11.9. The van der Waals surface area contributed by atoms with Gasteiger partial charge in [0, 0.05) is 16.1 Å². The summed E-state index contributed by atoms with van der Waals surface area (Å²) in [5.41, 5.74) is 3.04. The van der Waals surface area contributed by atoms with Crippen LogP contribution in [0.1, 0.15) is 11.7 Å². The second kappa shape index (κ2) is 5.84. The lowest BCUT2D eigenvalue weighted by atomic mass is 10.2. The van der Waals surface area contributed by atoms with E-state index in [4.69, 9.17) is 16.3 Å². The maximum absolute atomic E-state index is 11.7. The lowest BCUT2D eigenvalue weighted by molar-refractivity contribution is -0.141. The first-order valence-corrected chi connectivity index (χ1v) is 6.51. The van der Waals surface area contributed by atoms with Gasteiger partial charge in [0.05, 0.1) is 18.3 Å². The Morgan fingerprint density at radius 1 is 1.56 bits per heavy atom. The summed E-state index contributed by atoms with van der Waals surface area (Å²) in [6.07, 6.45) is 0. The average Bonchev–Trinajstić information content (AvgIpc) is 2.89. The minimum absolute atomic E-state index is 0.388. The number of methoxy groups -OCH3 is 1. The summed E-state index contributed by atoms with van der Waals surface area (Å²) in [6, 6.07) is 6.51. The Labute approximate surface area is 114 Å². The second-order valence-corrected chi connectivity index (χ2v) is 4.68. The number of rotatable bonds is 4. The number of halogens is 1. The van der Waals surface area contributed by atoms with Crippen molar-refractivity contribution in [2.75, 3.05) is 12.4 Å². The van der Waals surface area contributed by atoms with Gasteiger partial charge in [0.1, 0.15) is 0 Å². The molecule has 4 nitrogen and oxygen atoms in total. The Kier molecular flexibility index (Phi) is 4.17. The Morgan fingerprint density at radius 2 is 2.39 bits per heavy atom. The highest BCUT2D eigenvalue weighted by atomic mass is 35.5. The molecule has 0 aliphatic heterocycles. The minimum Gasteiger partial charge on any atom is -0.467 e. The summed E-state index contributed by atoms with van der Waals surface area (Å²) in [7, 11) is 1.35. The molecule has 0 aliphatic carbocycles. The van der Waals surface area contributed by atoms with Crippen LogP contribution in [0.15, 0.2) is 35.2 Å². The van der Waals surface area contributed by atoms with Crippen LogP contribution in [0.5, 0.6) is 0 Å². The first-order valence-electron chi connectivity index (χ1n) is 5.18. The van der Waals surface area contributed by atoms with Gasteiger partial charge in [-0.2, -0.15) is 0 Å². The topological polar surface area (TPSA) is 51.2 Å². The zero-order valence-electron chi connectivity index (χ0n) is 9.59. The number of hydrogen-bond donors (Lipinski definition) is 1. The fraction of sp³-hybridized carbons (Fsp3) is 0.167. The Morgan fingerprint density at radius 3 is 3.00 bits per heavy atom. The molecule has 18 heavy (non-hydrogen) atoms. The zero-order chi connectivity index (χ0) is 13.0. The van der Waals surface area contributed by atoms with Gasteiger partial charge >= 0.3 is 5.97 Å². The Balaban J connectivity index is 2.23. The van der Waals surface area contributed by atoms with E-state index in [2.05, 4.69) is 10.3 Å². The number of nitrogens with one attached hydrogen (secondary N) is 1. The molecule has 0 fully saturated rings. The van der Waals surface area contributed by atoms with Gasteiger partial charge < -0.3 is 10.1 Å². The molecule has 0 amide bonds. The molecular weight excluding hydrogens is 272 g/mol. The van der Waals surface area contributed by atoms with Crippen molar-refractivity contribution >= 4 is 34.6 Å². The number of hydrogen-bond acceptors (Lipinski definition) is 5. The first-order chi connectivity index (χ1) is 8.70. The summed E-state index contributed by atoms with van der Waals surface area (Å²) in [6.45, 7) is 0. The number of thiazole rings is 1. The van der Waals surface area contributed by atoms with Crippen LogP contribution in [0.25, 0.3) is 0 Å². The average molecular weight is 283 g/mol. The van der Waals surface area contributed by atoms with Crippen molar-refractivity contribution in [1.29, 1.82) is 0 Å². The summed E-state index contributed by atoms with van der Waals surface area (Å²) >= 11 is 7.32. The van der Waals surface area contributed by atoms with Gasteiger partial charge in [0.2, 0.25) is 0 Å². The third kappa shape index (κ3) is 3.00. The van der Waals surface area contributed by atoms with Crippen LogP contribution in [0.2, 0.25) is 5.02 Å². The third-order valence-corrected chi connectivity index (χ3v) is 3.16. The monoisotopic (exact) mass is 282 g/mol. The van der Waals surface area contributed by atoms with E-state index in [-0.39, 0.29) is 5.97 Å². The van der Waals surface area contributed by atoms with Gasteiger partial charge in [-0.1, -0.05) is 17.7 Å². The van der Waals surface area contributed by atoms with Crippen LogP contribution >= 0.6 is 22.9 Å². The molecule has 0 aliphatic rings. The maximum atomic E-state index is 11.7. The van der Waals surface area contributed by atoms with Crippen molar-refractivity contribution in [2.24, 2.45) is 0 Å². The fourth-order valence-electron chi connectivity index (χ4n) is 1.48. The van der Waals surface area contributed by atoms with E-state index in [1.165, 1.54) is 18.4 Å². The van der Waals surface area contributed by atoms with E-state index in [1.807, 2.05) is 6.07 Å². The lowest BCUT2D eigenvalue weighted by Gasteiger charge is -2.15. The molecule has 6 heteroatoms. The maximum Gasteiger partial charge on any atom is 0.334 e. The lowest BCUT2D eigenvalue weighted by Crippen LogP contribution is -2.22. The van der Waals surface area contributed by atoms with Crippen molar-refractivity contribution in [3.05, 3.63) is 45.9 Å². The molecule has 0 spiro atoms. The summed E-state index contributed by atoms with van der Waals surface area (Å²) < 4.78 is 4.77. The Bertz CT molecular complexity index is 531. The fourth-order valence-corrected chi connectivity index (χ4v) is 2.25. The molecular formula is C12H11ClN2O2S. The molecule has 1 aromatic heterocycles. The van der Waals surface area contributed by atoms with Crippen molar-refractivity contribution in [3.8, 4) is 0 Å². The van der Waals surface area contributed by atoms with Crippen LogP contribution in [0.3, 0.4) is 0 Å². The molecule has 1 unspecified atom stereocenters. The standard InChI is InChI=1S/C12H11ClN2O2S/c1-17-12(16)11(10-6-18-7-14-10)15-9-4-2-3-8(13)5-9/h2-7,11,15H,1H3. The highest BCUT2D eigenvalue weighted by Crippen LogP contribution is 2.22. The number of aromatic nitrogens is 1. The first kappa shape index (κ1) is 12.9. The molecule has 1 atom stereocenters. The number of anilines is 1. The van der Waals surface area contributed by atoms with Gasteiger partial charge in [-0.3, -0.25) is 0 Å². The van der Waals surface area contributed by atoms with Gasteiger partial charge in [0.15, 0.2) is 6.04 Å². The van der Waals surface area contributed by atoms with Crippen LogP contribution in [-0.4, -0.2) is 18.1 Å². The number of carbonyl (C=O) groups excluding carboxylic acids is 1. The van der Waals surface area contributed by atoms with Crippen LogP contribution in [0, 0.1) is 0 Å². The van der Waals surface area contributed by atoms with E-state index in [0.29, 0.717) is 10.7 Å². The van der Waals surface area contributed by atoms with Crippen molar-refractivity contribution in [1.82, 2.24) is 4.98 Å². The molecule has 2 aromatic rings. The predicted molar refractivity (Wildman–Crippen MR) is 71.9 cm³/mol. The second-order valence-electron chi connectivity index (χ2n) is 3.52. The zero-order valence-corrected chi connectivity index (χ0v) is 11.2. The van der Waals surface area contributed by atoms with E-state index in [1.54, 1.807) is 29.1 Å². The van der Waals surface area contributed by atoms with Gasteiger partial charge in [-0.15, -0.1) is 11.3 Å². The summed E-state index contributed by atoms with van der Waals surface area (Å²) in [5.74, 6) is -0.388. The highest BCUT2D eigenvalue weighted by molar-refractivity contribution is 7.07. The van der Waals surface area contributed by atoms with Crippen LogP contribution < -0.4 is 5.32 Å². The SMILES string of the molecule is COC(=O)C(Nc1cccc(Cl)c1)c1cscn1. The van der Waals surface area contributed by atoms with Crippen LogP contribution in [-0.2, 0) is 9.53 Å². The molecule has 94 valence electrons. The molecule has 0 bridgehead atoms. The molecule has 0 radical (unpaired) electrons. The number of nitrogens with zero attached hydrogens (tertiary/aromatic N) is 1. The largest absolute Gasteiger partial charge is 0.467 e.